The number of halogens is 3. The minimum atomic E-state index is -4.75. The van der Waals surface area contributed by atoms with Gasteiger partial charge in [0.05, 0.1) is 6.42 Å². The van der Waals surface area contributed by atoms with Crippen molar-refractivity contribution in [2.45, 2.75) is 70.2 Å². The summed E-state index contributed by atoms with van der Waals surface area (Å²) in [4.78, 5) is 25.2. The zero-order valence-electron chi connectivity index (χ0n) is 16.0. The molecule has 0 aromatic heterocycles. The zero-order valence-corrected chi connectivity index (χ0v) is 16.0. The van der Waals surface area contributed by atoms with Gasteiger partial charge in [-0.25, -0.2) is 0 Å². The van der Waals surface area contributed by atoms with Crippen LogP contribution in [-0.2, 0) is 16.0 Å². The quantitative estimate of drug-likeness (QED) is 0.651. The Balaban J connectivity index is 1.98. The maximum Gasteiger partial charge on any atom is 0.573 e. The molecule has 0 radical (unpaired) electrons. The second-order valence-electron chi connectivity index (χ2n) is 7.17. The van der Waals surface area contributed by atoms with Crippen molar-refractivity contribution in [3.8, 4) is 5.75 Å². The Hall–Kier alpha value is -2.25. The average Bonchev–Trinajstić information content (AvgIpc) is 2.63. The van der Waals surface area contributed by atoms with Crippen LogP contribution in [0.4, 0.5) is 13.2 Å². The first-order chi connectivity index (χ1) is 13.2. The second-order valence-corrected chi connectivity index (χ2v) is 7.17. The number of hydrogen-bond donors (Lipinski definition) is 2. The largest absolute Gasteiger partial charge is 0.573 e. The molecule has 0 spiro atoms. The van der Waals surface area contributed by atoms with Crippen molar-refractivity contribution < 1.29 is 27.5 Å². The van der Waals surface area contributed by atoms with Crippen LogP contribution >= 0.6 is 0 Å². The predicted octanol–water partition coefficient (Wildman–Crippen LogP) is 3.86. The molecule has 0 aliphatic heterocycles. The smallest absolute Gasteiger partial charge is 0.406 e. The average molecular weight is 400 g/mol. The molecular weight excluding hydrogens is 373 g/mol. The van der Waals surface area contributed by atoms with Gasteiger partial charge in [0.2, 0.25) is 11.8 Å². The van der Waals surface area contributed by atoms with Crippen molar-refractivity contribution in [3.05, 3.63) is 29.8 Å². The Morgan fingerprint density at radius 3 is 2.32 bits per heavy atom. The molecule has 0 atom stereocenters. The van der Waals surface area contributed by atoms with E-state index >= 15 is 0 Å². The fourth-order valence-corrected chi connectivity index (χ4v) is 3.42. The lowest BCUT2D eigenvalue weighted by molar-refractivity contribution is -0.274. The highest BCUT2D eigenvalue weighted by Gasteiger charge is 2.40. The number of hydrogen-bond acceptors (Lipinski definition) is 3. The Morgan fingerprint density at radius 2 is 1.75 bits per heavy atom. The normalized spacial score (nSPS) is 16.3. The molecule has 1 aliphatic rings. The molecule has 1 fully saturated rings. The van der Waals surface area contributed by atoms with Crippen LogP contribution in [0.25, 0.3) is 0 Å². The summed E-state index contributed by atoms with van der Waals surface area (Å²) in [6.45, 7) is 2.61. The van der Waals surface area contributed by atoms with Crippen LogP contribution in [0.3, 0.4) is 0 Å². The number of amides is 2. The monoisotopic (exact) mass is 400 g/mol. The Kier molecular flexibility index (Phi) is 7.71. The van der Waals surface area contributed by atoms with Gasteiger partial charge in [0.25, 0.3) is 0 Å². The molecule has 1 saturated carbocycles. The van der Waals surface area contributed by atoms with Crippen molar-refractivity contribution in [3.63, 3.8) is 0 Å². The SMILES string of the molecule is CCCCNC(=O)C1(NC(=O)Cc2ccc(OC(F)(F)F)cc2)CCCCC1. The summed E-state index contributed by atoms with van der Waals surface area (Å²) in [5.74, 6) is -0.810. The van der Waals surface area contributed by atoms with Crippen LogP contribution in [0, 0.1) is 0 Å². The number of carbonyl (C=O) groups is 2. The van der Waals surface area contributed by atoms with E-state index < -0.39 is 11.9 Å². The van der Waals surface area contributed by atoms with Gasteiger partial charge in [-0.15, -0.1) is 13.2 Å². The van der Waals surface area contributed by atoms with Crippen molar-refractivity contribution in [2.24, 2.45) is 0 Å². The third-order valence-electron chi connectivity index (χ3n) is 4.86. The molecule has 0 unspecified atom stereocenters. The maximum atomic E-state index is 12.7. The highest BCUT2D eigenvalue weighted by atomic mass is 19.4. The molecule has 2 N–H and O–H groups in total. The first-order valence-electron chi connectivity index (χ1n) is 9.68. The van der Waals surface area contributed by atoms with E-state index in [1.807, 2.05) is 6.92 Å². The Labute approximate surface area is 163 Å². The highest BCUT2D eigenvalue weighted by molar-refractivity contribution is 5.92. The van der Waals surface area contributed by atoms with Gasteiger partial charge >= 0.3 is 6.36 Å². The Bertz CT molecular complexity index is 654. The van der Waals surface area contributed by atoms with Crippen LogP contribution in [0.15, 0.2) is 24.3 Å². The summed E-state index contributed by atoms with van der Waals surface area (Å²) >= 11 is 0. The summed E-state index contributed by atoms with van der Waals surface area (Å²) < 4.78 is 40.5. The first kappa shape index (κ1) is 22.0. The van der Waals surface area contributed by atoms with Gasteiger partial charge in [0, 0.05) is 6.54 Å². The number of carbonyl (C=O) groups excluding carboxylic acids is 2. The summed E-state index contributed by atoms with van der Waals surface area (Å²) in [6, 6.07) is 5.17. The van der Waals surface area contributed by atoms with Crippen molar-refractivity contribution in [1.29, 1.82) is 0 Å². The van der Waals surface area contributed by atoms with Crippen LogP contribution < -0.4 is 15.4 Å². The number of unbranched alkanes of at least 4 members (excludes halogenated alkanes) is 1. The lowest BCUT2D eigenvalue weighted by Crippen LogP contribution is -2.60. The van der Waals surface area contributed by atoms with E-state index in [0.29, 0.717) is 24.9 Å². The molecule has 0 bridgehead atoms. The van der Waals surface area contributed by atoms with E-state index in [0.717, 1.165) is 32.1 Å². The predicted molar refractivity (Wildman–Crippen MR) is 98.7 cm³/mol. The molecule has 2 amide bonds. The summed E-state index contributed by atoms with van der Waals surface area (Å²) in [6.07, 6.45) is 1.02. The van der Waals surface area contributed by atoms with Crippen molar-refractivity contribution >= 4 is 11.8 Å². The molecule has 156 valence electrons. The molecule has 2 rings (SSSR count). The van der Waals surface area contributed by atoms with E-state index in [2.05, 4.69) is 15.4 Å². The Morgan fingerprint density at radius 1 is 1.11 bits per heavy atom. The van der Waals surface area contributed by atoms with E-state index in [9.17, 15) is 22.8 Å². The van der Waals surface area contributed by atoms with E-state index in [1.165, 1.54) is 24.3 Å². The van der Waals surface area contributed by atoms with Gasteiger partial charge in [0.15, 0.2) is 0 Å². The fraction of sp³-hybridized carbons (Fsp3) is 0.600. The minimum absolute atomic E-state index is 0.0176. The summed E-state index contributed by atoms with van der Waals surface area (Å²) in [5, 5.41) is 5.81. The number of nitrogens with one attached hydrogen (secondary N) is 2. The van der Waals surface area contributed by atoms with Gasteiger partial charge in [-0.1, -0.05) is 44.7 Å². The molecule has 0 saturated heterocycles. The molecule has 1 aromatic rings. The molecule has 1 aromatic carbocycles. The third kappa shape index (κ3) is 6.73. The van der Waals surface area contributed by atoms with Crippen LogP contribution in [0.2, 0.25) is 0 Å². The minimum Gasteiger partial charge on any atom is -0.406 e. The molecular formula is C20H27F3N2O3. The topological polar surface area (TPSA) is 67.4 Å². The molecule has 8 heteroatoms. The lowest BCUT2D eigenvalue weighted by Gasteiger charge is -2.36. The van der Waals surface area contributed by atoms with E-state index in [1.54, 1.807) is 0 Å². The standard InChI is InChI=1S/C20H27F3N2O3/c1-2-3-13-24-18(27)19(11-5-4-6-12-19)25-17(26)14-15-7-9-16(10-8-15)28-20(21,22)23/h7-10H,2-6,11-14H2,1H3,(H,24,27)(H,25,26). The van der Waals surface area contributed by atoms with Crippen LogP contribution in [0.1, 0.15) is 57.4 Å². The molecule has 5 nitrogen and oxygen atoms in total. The van der Waals surface area contributed by atoms with Gasteiger partial charge in [0.1, 0.15) is 11.3 Å². The van der Waals surface area contributed by atoms with Gasteiger partial charge in [-0.2, -0.15) is 0 Å². The first-order valence-corrected chi connectivity index (χ1v) is 9.68. The molecule has 0 heterocycles. The van der Waals surface area contributed by atoms with Gasteiger partial charge in [-0.05, 0) is 37.0 Å². The van der Waals surface area contributed by atoms with Crippen molar-refractivity contribution in [2.75, 3.05) is 6.54 Å². The van der Waals surface area contributed by atoms with Crippen LogP contribution in [0.5, 0.6) is 5.75 Å². The van der Waals surface area contributed by atoms with Gasteiger partial charge < -0.3 is 15.4 Å². The number of rotatable bonds is 8. The molecule has 28 heavy (non-hydrogen) atoms. The highest BCUT2D eigenvalue weighted by Crippen LogP contribution is 2.29. The summed E-state index contributed by atoms with van der Waals surface area (Å²) in [7, 11) is 0. The van der Waals surface area contributed by atoms with Gasteiger partial charge in [-0.3, -0.25) is 9.59 Å². The van der Waals surface area contributed by atoms with E-state index in [4.69, 9.17) is 0 Å². The zero-order chi connectivity index (χ0) is 20.6. The second kappa shape index (κ2) is 9.80. The number of alkyl halides is 3. The lowest BCUT2D eigenvalue weighted by atomic mass is 9.80. The maximum absolute atomic E-state index is 12.7. The number of ether oxygens (including phenoxy) is 1. The fourth-order valence-electron chi connectivity index (χ4n) is 3.42. The number of benzene rings is 1. The van der Waals surface area contributed by atoms with E-state index in [-0.39, 0.29) is 24.0 Å². The summed E-state index contributed by atoms with van der Waals surface area (Å²) in [5.41, 5.74) is -0.355. The van der Waals surface area contributed by atoms with Crippen molar-refractivity contribution in [1.82, 2.24) is 10.6 Å². The van der Waals surface area contributed by atoms with Crippen LogP contribution in [-0.4, -0.2) is 30.3 Å². The third-order valence-corrected chi connectivity index (χ3v) is 4.86. The molecule has 1 aliphatic carbocycles.